The number of nitrogens with zero attached hydrogens (tertiary/aromatic N) is 1. The van der Waals surface area contributed by atoms with Gasteiger partial charge in [-0.25, -0.2) is 4.98 Å². The predicted molar refractivity (Wildman–Crippen MR) is 55.7 cm³/mol. The molecule has 14 heavy (non-hydrogen) atoms. The van der Waals surface area contributed by atoms with Crippen molar-refractivity contribution < 1.29 is 0 Å². The molecular weight excluding hydrogens is 176 g/mol. The summed E-state index contributed by atoms with van der Waals surface area (Å²) in [5.41, 5.74) is 1.86. The summed E-state index contributed by atoms with van der Waals surface area (Å²) in [5, 5.41) is 0. The smallest absolute Gasteiger partial charge is 0.254 e. The van der Waals surface area contributed by atoms with Crippen LogP contribution in [-0.2, 0) is 0 Å². The molecule has 0 bridgehead atoms. The minimum Gasteiger partial charge on any atom is -0.310 e. The first kappa shape index (κ1) is 9.44. The van der Waals surface area contributed by atoms with Gasteiger partial charge in [-0.05, 0) is 19.8 Å². The summed E-state index contributed by atoms with van der Waals surface area (Å²) in [6.07, 6.45) is 2.38. The van der Waals surface area contributed by atoms with Gasteiger partial charge in [-0.2, -0.15) is 0 Å². The minimum atomic E-state index is 0.0330. The third-order valence-electron chi connectivity index (χ3n) is 2.72. The summed E-state index contributed by atoms with van der Waals surface area (Å²) in [5.74, 6) is 1.66. The number of nitrogens with one attached hydrogen (secondary N) is 1. The van der Waals surface area contributed by atoms with Crippen molar-refractivity contribution in [1.29, 1.82) is 0 Å². The number of H-pyrrole nitrogens is 1. The Bertz CT molecular complexity index is 402. The summed E-state index contributed by atoms with van der Waals surface area (Å²) < 4.78 is 0. The lowest BCUT2D eigenvalue weighted by Gasteiger charge is -2.08. The Morgan fingerprint density at radius 2 is 2.07 bits per heavy atom. The van der Waals surface area contributed by atoms with Gasteiger partial charge in [0.05, 0.1) is 5.69 Å². The molecule has 0 amide bonds. The van der Waals surface area contributed by atoms with Crippen molar-refractivity contribution in [1.82, 2.24) is 9.97 Å². The van der Waals surface area contributed by atoms with E-state index in [0.29, 0.717) is 11.8 Å². The van der Waals surface area contributed by atoms with Crippen LogP contribution in [0.5, 0.6) is 0 Å². The lowest BCUT2D eigenvalue weighted by atomic mass is 10.1. The first-order valence-corrected chi connectivity index (χ1v) is 5.20. The fourth-order valence-corrected chi connectivity index (χ4v) is 1.60. The van der Waals surface area contributed by atoms with E-state index >= 15 is 0 Å². The Kier molecular flexibility index (Phi) is 2.17. The first-order chi connectivity index (χ1) is 6.59. The molecule has 1 aromatic rings. The molecule has 1 aliphatic rings. The van der Waals surface area contributed by atoms with E-state index in [4.69, 9.17) is 0 Å². The van der Waals surface area contributed by atoms with Crippen LogP contribution in [0.25, 0.3) is 0 Å². The van der Waals surface area contributed by atoms with Crippen molar-refractivity contribution in [3.8, 4) is 0 Å². The van der Waals surface area contributed by atoms with E-state index in [1.54, 1.807) is 0 Å². The number of rotatable bonds is 2. The normalized spacial score (nSPS) is 16.3. The van der Waals surface area contributed by atoms with Gasteiger partial charge in [0.15, 0.2) is 0 Å². The molecule has 0 atom stereocenters. The zero-order valence-electron chi connectivity index (χ0n) is 8.92. The monoisotopic (exact) mass is 192 g/mol. The van der Waals surface area contributed by atoms with Gasteiger partial charge in [0, 0.05) is 17.4 Å². The molecule has 0 radical (unpaired) electrons. The molecule has 0 spiro atoms. The highest BCUT2D eigenvalue weighted by atomic mass is 16.1. The summed E-state index contributed by atoms with van der Waals surface area (Å²) >= 11 is 0. The molecule has 1 heterocycles. The molecule has 1 aromatic heterocycles. The molecule has 3 heteroatoms. The van der Waals surface area contributed by atoms with Crippen LogP contribution in [0.4, 0.5) is 0 Å². The number of hydrogen-bond donors (Lipinski definition) is 1. The van der Waals surface area contributed by atoms with Gasteiger partial charge < -0.3 is 4.98 Å². The van der Waals surface area contributed by atoms with E-state index in [-0.39, 0.29) is 5.56 Å². The van der Waals surface area contributed by atoms with E-state index in [9.17, 15) is 4.79 Å². The highest BCUT2D eigenvalue weighted by Gasteiger charge is 2.28. The topological polar surface area (TPSA) is 45.8 Å². The summed E-state index contributed by atoms with van der Waals surface area (Å²) in [4.78, 5) is 19.0. The van der Waals surface area contributed by atoms with Crippen molar-refractivity contribution in [3.05, 3.63) is 27.4 Å². The second-order valence-corrected chi connectivity index (χ2v) is 4.39. The molecule has 3 nitrogen and oxygen atoms in total. The molecular formula is C11H16N2O. The van der Waals surface area contributed by atoms with Crippen molar-refractivity contribution in [2.45, 2.75) is 45.4 Å². The van der Waals surface area contributed by atoms with Gasteiger partial charge >= 0.3 is 0 Å². The SMILES string of the molecule is Cc1c(C2CC2)nc(C(C)C)[nH]c1=O. The zero-order chi connectivity index (χ0) is 10.3. The van der Waals surface area contributed by atoms with E-state index in [1.807, 2.05) is 20.8 Å². The van der Waals surface area contributed by atoms with Crippen molar-refractivity contribution in [2.24, 2.45) is 0 Å². The van der Waals surface area contributed by atoms with E-state index in [0.717, 1.165) is 17.1 Å². The van der Waals surface area contributed by atoms with Crippen molar-refractivity contribution in [3.63, 3.8) is 0 Å². The van der Waals surface area contributed by atoms with Crippen LogP contribution in [0.15, 0.2) is 4.79 Å². The third kappa shape index (κ3) is 1.59. The van der Waals surface area contributed by atoms with Gasteiger partial charge in [-0.3, -0.25) is 4.79 Å². The van der Waals surface area contributed by atoms with Crippen molar-refractivity contribution >= 4 is 0 Å². The van der Waals surface area contributed by atoms with Crippen LogP contribution in [0.2, 0.25) is 0 Å². The zero-order valence-corrected chi connectivity index (χ0v) is 8.92. The molecule has 1 fully saturated rings. The summed E-state index contributed by atoms with van der Waals surface area (Å²) in [7, 11) is 0. The van der Waals surface area contributed by atoms with E-state index < -0.39 is 0 Å². The Hall–Kier alpha value is -1.12. The van der Waals surface area contributed by atoms with Crippen molar-refractivity contribution in [2.75, 3.05) is 0 Å². The lowest BCUT2D eigenvalue weighted by molar-refractivity contribution is 0.742. The quantitative estimate of drug-likeness (QED) is 0.779. The predicted octanol–water partition coefficient (Wildman–Crippen LogP) is 2.08. The minimum absolute atomic E-state index is 0.0330. The van der Waals surface area contributed by atoms with Gasteiger partial charge in [-0.15, -0.1) is 0 Å². The van der Waals surface area contributed by atoms with Crippen LogP contribution in [-0.4, -0.2) is 9.97 Å². The van der Waals surface area contributed by atoms with E-state index in [2.05, 4.69) is 9.97 Å². The lowest BCUT2D eigenvalue weighted by Crippen LogP contribution is -2.18. The maximum absolute atomic E-state index is 11.6. The molecule has 1 aliphatic carbocycles. The summed E-state index contributed by atoms with van der Waals surface area (Å²) in [6.45, 7) is 5.96. The Morgan fingerprint density at radius 1 is 1.43 bits per heavy atom. The molecule has 0 saturated heterocycles. The number of aromatic amines is 1. The largest absolute Gasteiger partial charge is 0.310 e. The fraction of sp³-hybridized carbons (Fsp3) is 0.636. The average molecular weight is 192 g/mol. The van der Waals surface area contributed by atoms with Gasteiger partial charge in [0.1, 0.15) is 5.82 Å². The molecule has 0 unspecified atom stereocenters. The van der Waals surface area contributed by atoms with Gasteiger partial charge in [-0.1, -0.05) is 13.8 Å². The molecule has 0 aromatic carbocycles. The second kappa shape index (κ2) is 3.23. The van der Waals surface area contributed by atoms with Crippen LogP contribution < -0.4 is 5.56 Å². The molecule has 76 valence electrons. The molecule has 1 N–H and O–H groups in total. The molecule has 1 saturated carbocycles. The fourth-order valence-electron chi connectivity index (χ4n) is 1.60. The van der Waals surface area contributed by atoms with Crippen LogP contribution in [0, 0.1) is 6.92 Å². The highest BCUT2D eigenvalue weighted by molar-refractivity contribution is 5.24. The van der Waals surface area contributed by atoms with Crippen LogP contribution in [0.1, 0.15) is 55.6 Å². The molecule has 0 aliphatic heterocycles. The number of aromatic nitrogens is 2. The van der Waals surface area contributed by atoms with Gasteiger partial charge in [0.2, 0.25) is 0 Å². The Morgan fingerprint density at radius 3 is 2.57 bits per heavy atom. The maximum Gasteiger partial charge on any atom is 0.254 e. The maximum atomic E-state index is 11.6. The van der Waals surface area contributed by atoms with E-state index in [1.165, 1.54) is 12.8 Å². The van der Waals surface area contributed by atoms with Gasteiger partial charge in [0.25, 0.3) is 5.56 Å². The highest BCUT2D eigenvalue weighted by Crippen LogP contribution is 2.39. The first-order valence-electron chi connectivity index (χ1n) is 5.20. The number of hydrogen-bond acceptors (Lipinski definition) is 2. The average Bonchev–Trinajstić information content (AvgIpc) is 2.92. The standard InChI is InChI=1S/C11H16N2O/c1-6(2)10-12-9(8-4-5-8)7(3)11(14)13-10/h6,8H,4-5H2,1-3H3,(H,12,13,14). The van der Waals surface area contributed by atoms with Crippen LogP contribution in [0.3, 0.4) is 0 Å². The second-order valence-electron chi connectivity index (χ2n) is 4.39. The third-order valence-corrected chi connectivity index (χ3v) is 2.72. The summed E-state index contributed by atoms with van der Waals surface area (Å²) in [6, 6.07) is 0. The molecule has 2 rings (SSSR count). The Balaban J connectivity index is 2.52. The van der Waals surface area contributed by atoms with Crippen LogP contribution >= 0.6 is 0 Å². The Labute approximate surface area is 83.6 Å².